The summed E-state index contributed by atoms with van der Waals surface area (Å²) in [5, 5.41) is 19.8. The Hall–Kier alpha value is -0.280. The van der Waals surface area contributed by atoms with Gasteiger partial charge in [0.15, 0.2) is 6.10 Å². The third-order valence-electron chi connectivity index (χ3n) is 2.53. The lowest BCUT2D eigenvalue weighted by Gasteiger charge is -2.46. The van der Waals surface area contributed by atoms with E-state index in [1.807, 2.05) is 0 Å². The van der Waals surface area contributed by atoms with Crippen molar-refractivity contribution in [3.8, 4) is 0 Å². The fraction of sp³-hybridized carbons (Fsp3) is 1.00. The normalized spacial score (nSPS) is 40.1. The zero-order chi connectivity index (χ0) is 15.9. The predicted octanol–water partition coefficient (Wildman–Crippen LogP) is -1.28. The van der Waals surface area contributed by atoms with Crippen LogP contribution in [0.5, 0.6) is 0 Å². The van der Waals surface area contributed by atoms with Crippen LogP contribution >= 0.6 is 0 Å². The number of ether oxygens (including phenoxy) is 5. The molecule has 0 aromatic heterocycles. The third kappa shape index (κ3) is 2.94. The zero-order valence-electron chi connectivity index (χ0n) is 13.3. The topological polar surface area (TPSA) is 86.6 Å². The SMILES string of the molecule is [2H]COC[C@H]1OC(O)(O)[C@H](OC[2H])[C@@H](OC[2H])[C@@H]1OC[2H]. The van der Waals surface area contributed by atoms with Crippen LogP contribution in [0.2, 0.25) is 0 Å². The van der Waals surface area contributed by atoms with Gasteiger partial charge in [0.1, 0.15) is 18.3 Å². The number of methoxy groups -OCH3 is 4. The fourth-order valence-corrected chi connectivity index (χ4v) is 1.79. The van der Waals surface area contributed by atoms with Crippen molar-refractivity contribution in [2.75, 3.05) is 35.0 Å². The Balaban J connectivity index is 2.97. The fourth-order valence-electron chi connectivity index (χ4n) is 1.79. The summed E-state index contributed by atoms with van der Waals surface area (Å²) in [5.74, 6) is -2.77. The quantitative estimate of drug-likeness (QED) is 0.592. The van der Waals surface area contributed by atoms with Crippen LogP contribution in [0, 0.1) is 0 Å². The Labute approximate surface area is 106 Å². The van der Waals surface area contributed by atoms with Crippen LogP contribution in [0.4, 0.5) is 0 Å². The first-order valence-corrected chi connectivity index (χ1v) is 4.73. The number of hydrogen-bond acceptors (Lipinski definition) is 7. The molecule has 1 aliphatic rings. The maximum absolute atomic E-state index is 9.90. The molecule has 0 amide bonds. The molecule has 0 aromatic rings. The Morgan fingerprint density at radius 3 is 2.47 bits per heavy atom. The Morgan fingerprint density at radius 2 is 1.82 bits per heavy atom. The molecule has 0 unspecified atom stereocenters. The van der Waals surface area contributed by atoms with E-state index in [1.54, 1.807) is 0 Å². The number of rotatable bonds is 5. The molecule has 102 valence electrons. The van der Waals surface area contributed by atoms with Crippen LogP contribution < -0.4 is 0 Å². The van der Waals surface area contributed by atoms with Crippen LogP contribution in [-0.4, -0.2) is 75.6 Å². The summed E-state index contributed by atoms with van der Waals surface area (Å²) in [7, 11) is -1.92. The highest BCUT2D eigenvalue weighted by Crippen LogP contribution is 2.31. The van der Waals surface area contributed by atoms with Gasteiger partial charge in [-0.1, -0.05) is 0 Å². The molecule has 0 spiro atoms. The highest BCUT2D eigenvalue weighted by atomic mass is 16.8. The largest absolute Gasteiger partial charge is 0.382 e. The molecule has 7 heteroatoms. The zero-order valence-corrected chi connectivity index (χ0v) is 9.28. The van der Waals surface area contributed by atoms with E-state index in [2.05, 4.69) is 0 Å². The van der Waals surface area contributed by atoms with E-state index in [-0.39, 0.29) is 13.7 Å². The van der Waals surface area contributed by atoms with Crippen molar-refractivity contribution in [1.29, 1.82) is 0 Å². The van der Waals surface area contributed by atoms with Gasteiger partial charge in [-0.2, -0.15) is 0 Å². The average molecular weight is 256 g/mol. The summed E-state index contributed by atoms with van der Waals surface area (Å²) >= 11 is 0. The summed E-state index contributed by atoms with van der Waals surface area (Å²) in [4.78, 5) is 0. The van der Waals surface area contributed by atoms with Gasteiger partial charge in [0, 0.05) is 28.3 Å². The van der Waals surface area contributed by atoms with Gasteiger partial charge in [-0.25, -0.2) is 0 Å². The lowest BCUT2D eigenvalue weighted by Crippen LogP contribution is -2.66. The van der Waals surface area contributed by atoms with E-state index in [0.29, 0.717) is 0 Å². The molecule has 1 rings (SSSR count). The van der Waals surface area contributed by atoms with E-state index >= 15 is 0 Å². The highest BCUT2D eigenvalue weighted by Gasteiger charge is 2.54. The average Bonchev–Trinajstić information content (AvgIpc) is 2.44. The standard InChI is InChI=1S/C10H20O7/c1-13-5-6-7(14-2)8(15-3)9(16-4)10(11,12)17-6/h6-9,11-12H,5H2,1-4H3/t6-,7-,8+,9-/m1/s1/i1D,2D,3D,4D. The monoisotopic (exact) mass is 256 g/mol. The van der Waals surface area contributed by atoms with Crippen molar-refractivity contribution in [1.82, 2.24) is 0 Å². The second-order valence-electron chi connectivity index (χ2n) is 3.54. The minimum absolute atomic E-state index is 0.192. The van der Waals surface area contributed by atoms with Crippen molar-refractivity contribution in [3.63, 3.8) is 0 Å². The van der Waals surface area contributed by atoms with E-state index < -0.39 is 51.6 Å². The molecule has 0 saturated carbocycles. The summed E-state index contributed by atoms with van der Waals surface area (Å²) in [6, 6.07) is 0. The summed E-state index contributed by atoms with van der Waals surface area (Å²) in [6.07, 6.45) is -4.62. The van der Waals surface area contributed by atoms with E-state index in [0.717, 1.165) is 0 Å². The Bertz CT molecular complexity index is 297. The molecule has 1 saturated heterocycles. The van der Waals surface area contributed by atoms with E-state index in [4.69, 9.17) is 29.2 Å². The maximum Gasteiger partial charge on any atom is 0.309 e. The van der Waals surface area contributed by atoms with Gasteiger partial charge in [-0.3, -0.25) is 0 Å². The first-order chi connectivity index (χ1) is 10.0. The smallest absolute Gasteiger partial charge is 0.309 e. The van der Waals surface area contributed by atoms with Crippen LogP contribution in [-0.2, 0) is 23.7 Å². The predicted molar refractivity (Wildman–Crippen MR) is 56.3 cm³/mol. The Kier molecular flexibility index (Phi) is 3.43. The van der Waals surface area contributed by atoms with E-state index in [9.17, 15) is 10.2 Å². The molecule has 7 nitrogen and oxygen atoms in total. The molecule has 1 aliphatic heterocycles. The number of hydrogen-bond donors (Lipinski definition) is 2. The van der Waals surface area contributed by atoms with Gasteiger partial charge in [0.25, 0.3) is 0 Å². The van der Waals surface area contributed by atoms with E-state index in [1.165, 1.54) is 0 Å². The maximum atomic E-state index is 9.90. The highest BCUT2D eigenvalue weighted by molar-refractivity contribution is 4.94. The second kappa shape index (κ2) is 6.05. The molecule has 1 heterocycles. The van der Waals surface area contributed by atoms with Gasteiger partial charge in [0.2, 0.25) is 0 Å². The van der Waals surface area contributed by atoms with Crippen LogP contribution in [0.25, 0.3) is 0 Å². The van der Waals surface area contributed by atoms with Crippen molar-refractivity contribution in [3.05, 3.63) is 0 Å². The molecule has 2 N–H and O–H groups in total. The van der Waals surface area contributed by atoms with Gasteiger partial charge in [-0.05, 0) is 0 Å². The number of aliphatic hydroxyl groups is 2. The van der Waals surface area contributed by atoms with Gasteiger partial charge >= 0.3 is 5.97 Å². The molecular formula is C10H20O7. The van der Waals surface area contributed by atoms with Crippen LogP contribution in [0.15, 0.2) is 0 Å². The van der Waals surface area contributed by atoms with Crippen molar-refractivity contribution in [2.24, 2.45) is 0 Å². The molecular weight excluding hydrogens is 232 g/mol. The molecule has 0 bridgehead atoms. The molecule has 0 aliphatic carbocycles. The first kappa shape index (κ1) is 9.62. The lowest BCUT2D eigenvalue weighted by atomic mass is 9.97. The van der Waals surface area contributed by atoms with Crippen molar-refractivity contribution >= 4 is 0 Å². The van der Waals surface area contributed by atoms with Gasteiger partial charge in [-0.15, -0.1) is 0 Å². The van der Waals surface area contributed by atoms with Crippen molar-refractivity contribution in [2.45, 2.75) is 30.4 Å². The van der Waals surface area contributed by atoms with Gasteiger partial charge < -0.3 is 33.9 Å². The summed E-state index contributed by atoms with van der Waals surface area (Å²) in [6.45, 7) is -0.192. The van der Waals surface area contributed by atoms with Crippen LogP contribution in [0.1, 0.15) is 5.48 Å². The van der Waals surface area contributed by atoms with Crippen LogP contribution in [0.3, 0.4) is 0 Å². The minimum Gasteiger partial charge on any atom is -0.382 e. The molecule has 1 fully saturated rings. The minimum atomic E-state index is -2.77. The van der Waals surface area contributed by atoms with Crippen molar-refractivity contribution < 1.29 is 39.4 Å². The lowest BCUT2D eigenvalue weighted by molar-refractivity contribution is -0.440. The Morgan fingerprint density at radius 1 is 1.12 bits per heavy atom. The second-order valence-corrected chi connectivity index (χ2v) is 3.54. The third-order valence-corrected chi connectivity index (χ3v) is 2.53. The molecule has 0 aromatic carbocycles. The molecule has 0 radical (unpaired) electrons. The molecule has 4 atom stereocenters. The van der Waals surface area contributed by atoms with Gasteiger partial charge in [0.05, 0.1) is 12.1 Å². The summed E-state index contributed by atoms with van der Waals surface area (Å²) in [5.41, 5.74) is 0. The summed E-state index contributed by atoms with van der Waals surface area (Å²) < 4.78 is 53.3. The molecule has 17 heavy (non-hydrogen) atoms. The first-order valence-electron chi connectivity index (χ1n) is 7.56.